The number of nitro groups is 1. The lowest BCUT2D eigenvalue weighted by Crippen LogP contribution is -2.51. The molecule has 4 fully saturated rings. The van der Waals surface area contributed by atoms with Crippen LogP contribution in [0, 0.1) is 39.6 Å². The Balaban J connectivity index is 1.59. The van der Waals surface area contributed by atoms with Crippen molar-refractivity contribution in [3.05, 3.63) is 34.1 Å². The number of halogens is 1. The van der Waals surface area contributed by atoms with Crippen molar-refractivity contribution in [2.45, 2.75) is 38.1 Å². The molecule has 112 valence electrons. The zero-order chi connectivity index (χ0) is 14.6. The summed E-state index contributed by atoms with van der Waals surface area (Å²) >= 11 is 0. The lowest BCUT2D eigenvalue weighted by Gasteiger charge is -2.54. The number of nitro benzene ring substituents is 1. The molecule has 1 N–H and O–H groups in total. The highest BCUT2D eigenvalue weighted by Crippen LogP contribution is 2.54. The summed E-state index contributed by atoms with van der Waals surface area (Å²) < 4.78 is 14.0. The fourth-order valence-electron chi connectivity index (χ4n) is 5.08. The summed E-state index contributed by atoms with van der Waals surface area (Å²) in [5.41, 5.74) is 0.240. The molecular formula is C16H19FN2O2. The van der Waals surface area contributed by atoms with E-state index < -0.39 is 10.7 Å². The Kier molecular flexibility index (Phi) is 2.91. The van der Waals surface area contributed by atoms with Crippen LogP contribution in [0.15, 0.2) is 18.2 Å². The molecule has 5 rings (SSSR count). The van der Waals surface area contributed by atoms with E-state index in [0.717, 1.165) is 11.8 Å². The molecule has 0 radical (unpaired) electrons. The van der Waals surface area contributed by atoms with Crippen molar-refractivity contribution in [3.63, 3.8) is 0 Å². The molecule has 4 saturated carbocycles. The van der Waals surface area contributed by atoms with Crippen LogP contribution in [0.2, 0.25) is 0 Å². The monoisotopic (exact) mass is 290 g/mol. The number of benzene rings is 1. The first-order valence-electron chi connectivity index (χ1n) is 7.80. The van der Waals surface area contributed by atoms with Crippen LogP contribution in [0.3, 0.4) is 0 Å². The Hall–Kier alpha value is -1.65. The van der Waals surface area contributed by atoms with E-state index in [4.69, 9.17) is 0 Å². The van der Waals surface area contributed by atoms with E-state index in [1.165, 1.54) is 50.3 Å². The highest BCUT2D eigenvalue weighted by atomic mass is 19.1. The van der Waals surface area contributed by atoms with E-state index in [2.05, 4.69) is 5.32 Å². The molecule has 0 atom stereocenters. The van der Waals surface area contributed by atoms with Crippen molar-refractivity contribution >= 4 is 11.4 Å². The maximum atomic E-state index is 14.0. The van der Waals surface area contributed by atoms with Crippen LogP contribution in [0.5, 0.6) is 0 Å². The van der Waals surface area contributed by atoms with E-state index in [-0.39, 0.29) is 11.7 Å². The maximum absolute atomic E-state index is 14.0. The standard InChI is InChI=1S/C16H19FN2O2/c17-14-2-1-13(19(20)21)8-15(14)18-16-11-4-9-3-10(6-11)7-12(16)5-9/h1-2,8-12,16,18H,3-7H2. The first-order chi connectivity index (χ1) is 10.1. The Morgan fingerprint density at radius 2 is 1.71 bits per heavy atom. The molecule has 4 bridgehead atoms. The van der Waals surface area contributed by atoms with Gasteiger partial charge in [0, 0.05) is 18.2 Å². The molecule has 1 aromatic carbocycles. The van der Waals surface area contributed by atoms with Crippen LogP contribution in [0.1, 0.15) is 32.1 Å². The Morgan fingerprint density at radius 3 is 2.29 bits per heavy atom. The van der Waals surface area contributed by atoms with E-state index in [9.17, 15) is 14.5 Å². The Morgan fingerprint density at radius 1 is 1.10 bits per heavy atom. The van der Waals surface area contributed by atoms with Crippen molar-refractivity contribution in [3.8, 4) is 0 Å². The minimum atomic E-state index is -0.471. The first kappa shape index (κ1) is 13.0. The van der Waals surface area contributed by atoms with Crippen LogP contribution in [-0.4, -0.2) is 11.0 Å². The number of hydrogen-bond donors (Lipinski definition) is 1. The van der Waals surface area contributed by atoms with E-state index in [1.807, 2.05) is 0 Å². The SMILES string of the molecule is O=[N+]([O-])c1ccc(F)c(NC2C3CC4CC(C3)CC2C4)c1. The predicted octanol–water partition coefficient (Wildman–Crippen LogP) is 3.97. The van der Waals surface area contributed by atoms with Crippen LogP contribution in [0.25, 0.3) is 0 Å². The summed E-state index contributed by atoms with van der Waals surface area (Å²) in [5.74, 6) is 2.55. The fourth-order valence-corrected chi connectivity index (χ4v) is 5.08. The summed E-state index contributed by atoms with van der Waals surface area (Å²) in [4.78, 5) is 10.4. The van der Waals surface area contributed by atoms with E-state index >= 15 is 0 Å². The lowest BCUT2D eigenvalue weighted by atomic mass is 9.54. The Labute approximate surface area is 122 Å². The van der Waals surface area contributed by atoms with Gasteiger partial charge in [-0.05, 0) is 61.8 Å². The molecule has 0 amide bonds. The van der Waals surface area contributed by atoms with Gasteiger partial charge in [-0.1, -0.05) is 0 Å². The second-order valence-corrected chi connectivity index (χ2v) is 7.02. The van der Waals surface area contributed by atoms with Crippen LogP contribution in [-0.2, 0) is 0 Å². The van der Waals surface area contributed by atoms with Gasteiger partial charge in [0.15, 0.2) is 0 Å². The number of nitrogens with one attached hydrogen (secondary N) is 1. The van der Waals surface area contributed by atoms with Crippen LogP contribution < -0.4 is 5.32 Å². The second-order valence-electron chi connectivity index (χ2n) is 7.02. The molecule has 4 aliphatic carbocycles. The van der Waals surface area contributed by atoms with Crippen molar-refractivity contribution in [1.82, 2.24) is 0 Å². The summed E-state index contributed by atoms with van der Waals surface area (Å²) in [5, 5.41) is 14.2. The zero-order valence-corrected chi connectivity index (χ0v) is 11.8. The molecule has 0 heterocycles. The van der Waals surface area contributed by atoms with E-state index in [0.29, 0.717) is 17.5 Å². The molecule has 21 heavy (non-hydrogen) atoms. The summed E-state index contributed by atoms with van der Waals surface area (Å²) in [7, 11) is 0. The van der Waals surface area contributed by atoms with Gasteiger partial charge in [0.25, 0.3) is 5.69 Å². The molecule has 0 unspecified atom stereocenters. The van der Waals surface area contributed by atoms with Gasteiger partial charge in [-0.3, -0.25) is 10.1 Å². The van der Waals surface area contributed by atoms with Crippen LogP contribution >= 0.6 is 0 Å². The van der Waals surface area contributed by atoms with Gasteiger partial charge in [0.05, 0.1) is 10.6 Å². The largest absolute Gasteiger partial charge is 0.379 e. The van der Waals surface area contributed by atoms with Crippen molar-refractivity contribution < 1.29 is 9.31 Å². The average molecular weight is 290 g/mol. The molecule has 4 nitrogen and oxygen atoms in total. The third-order valence-corrected chi connectivity index (χ3v) is 5.71. The molecule has 0 aliphatic heterocycles. The first-order valence-corrected chi connectivity index (χ1v) is 7.80. The second kappa shape index (κ2) is 4.68. The normalized spacial score (nSPS) is 36.7. The maximum Gasteiger partial charge on any atom is 0.271 e. The summed E-state index contributed by atoms with van der Waals surface area (Å²) in [6, 6.07) is 4.03. The summed E-state index contributed by atoms with van der Waals surface area (Å²) in [6.45, 7) is 0. The van der Waals surface area contributed by atoms with Crippen molar-refractivity contribution in [1.29, 1.82) is 0 Å². The van der Waals surface area contributed by atoms with Gasteiger partial charge < -0.3 is 5.32 Å². The topological polar surface area (TPSA) is 55.2 Å². The third-order valence-electron chi connectivity index (χ3n) is 5.71. The molecule has 0 aromatic heterocycles. The highest BCUT2D eigenvalue weighted by Gasteiger charge is 2.48. The number of non-ortho nitro benzene ring substituents is 1. The predicted molar refractivity (Wildman–Crippen MR) is 77.5 cm³/mol. The molecule has 5 heteroatoms. The van der Waals surface area contributed by atoms with Gasteiger partial charge in [-0.2, -0.15) is 0 Å². The minimum absolute atomic E-state index is 0.0530. The molecule has 4 aliphatic rings. The van der Waals surface area contributed by atoms with Crippen LogP contribution in [0.4, 0.5) is 15.8 Å². The van der Waals surface area contributed by atoms with E-state index in [1.54, 1.807) is 0 Å². The minimum Gasteiger partial charge on any atom is -0.379 e. The van der Waals surface area contributed by atoms with Gasteiger partial charge in [0.1, 0.15) is 5.82 Å². The van der Waals surface area contributed by atoms with Gasteiger partial charge in [-0.25, -0.2) is 4.39 Å². The smallest absolute Gasteiger partial charge is 0.271 e. The number of anilines is 1. The number of rotatable bonds is 3. The van der Waals surface area contributed by atoms with Crippen molar-refractivity contribution in [2.24, 2.45) is 23.7 Å². The third kappa shape index (κ3) is 2.19. The quantitative estimate of drug-likeness (QED) is 0.677. The average Bonchev–Trinajstić information content (AvgIpc) is 2.43. The fraction of sp³-hybridized carbons (Fsp3) is 0.625. The van der Waals surface area contributed by atoms with Gasteiger partial charge >= 0.3 is 0 Å². The lowest BCUT2D eigenvalue weighted by molar-refractivity contribution is -0.384. The zero-order valence-electron chi connectivity index (χ0n) is 11.8. The highest BCUT2D eigenvalue weighted by molar-refractivity contribution is 5.53. The van der Waals surface area contributed by atoms with Gasteiger partial charge in [-0.15, -0.1) is 0 Å². The van der Waals surface area contributed by atoms with Crippen molar-refractivity contribution in [2.75, 3.05) is 5.32 Å². The number of hydrogen-bond acceptors (Lipinski definition) is 3. The van der Waals surface area contributed by atoms with Gasteiger partial charge in [0.2, 0.25) is 0 Å². The number of nitrogens with zero attached hydrogens (tertiary/aromatic N) is 1. The molecular weight excluding hydrogens is 271 g/mol. The molecule has 0 spiro atoms. The molecule has 1 aromatic rings. The molecule has 0 saturated heterocycles. The Bertz CT molecular complexity index is 562. The summed E-state index contributed by atoms with van der Waals surface area (Å²) in [6.07, 6.45) is 6.33.